The van der Waals surface area contributed by atoms with Crippen LogP contribution < -0.4 is 5.32 Å². The maximum absolute atomic E-state index is 9.90. The maximum Gasteiger partial charge on any atom is 0.0741 e. The molecule has 1 heterocycles. The first kappa shape index (κ1) is 18.5. The van der Waals surface area contributed by atoms with E-state index < -0.39 is 5.60 Å². The lowest BCUT2D eigenvalue weighted by Crippen LogP contribution is -2.22. The molecule has 0 aliphatic heterocycles. The minimum Gasteiger partial charge on any atom is -0.390 e. The zero-order valence-electron chi connectivity index (χ0n) is 15.5. The monoisotopic (exact) mass is 360 g/mol. The number of halogens is 1. The highest BCUT2D eigenvalue weighted by molar-refractivity contribution is 6.31. The molecule has 3 rings (SSSR count). The van der Waals surface area contributed by atoms with E-state index >= 15 is 0 Å². The summed E-state index contributed by atoms with van der Waals surface area (Å²) in [5, 5.41) is 15.6. The third-order valence-electron chi connectivity index (χ3n) is 5.04. The van der Waals surface area contributed by atoms with E-state index in [1.165, 1.54) is 35.2 Å². The van der Waals surface area contributed by atoms with Gasteiger partial charge in [-0.1, -0.05) is 11.6 Å². The molecule has 136 valence electrons. The Balaban J connectivity index is 1.86. The van der Waals surface area contributed by atoms with Gasteiger partial charge in [0.05, 0.1) is 11.1 Å². The summed E-state index contributed by atoms with van der Waals surface area (Å²) in [6, 6.07) is 6.36. The molecule has 2 aromatic rings. The van der Waals surface area contributed by atoms with Gasteiger partial charge in [0.2, 0.25) is 0 Å². The molecule has 2 N–H and O–H groups in total. The maximum atomic E-state index is 9.90. The van der Waals surface area contributed by atoms with Crippen molar-refractivity contribution < 1.29 is 5.11 Å². The first-order valence-corrected chi connectivity index (χ1v) is 9.81. The zero-order valence-corrected chi connectivity index (χ0v) is 16.3. The molecule has 1 atom stereocenters. The van der Waals surface area contributed by atoms with Crippen molar-refractivity contribution in [3.63, 3.8) is 0 Å². The molecule has 1 unspecified atom stereocenters. The molecule has 1 aliphatic carbocycles. The van der Waals surface area contributed by atoms with Gasteiger partial charge in [-0.2, -0.15) is 0 Å². The average Bonchev–Trinajstić information content (AvgIpc) is 2.53. The Morgan fingerprint density at radius 3 is 2.80 bits per heavy atom. The summed E-state index contributed by atoms with van der Waals surface area (Å²) >= 11 is 6.19. The summed E-state index contributed by atoms with van der Waals surface area (Å²) in [7, 11) is 0. The number of anilines is 1. The van der Waals surface area contributed by atoms with Crippen LogP contribution in [0.3, 0.4) is 0 Å². The van der Waals surface area contributed by atoms with Gasteiger partial charge in [-0.3, -0.25) is 4.98 Å². The van der Waals surface area contributed by atoms with E-state index in [1.807, 2.05) is 26.0 Å². The van der Waals surface area contributed by atoms with Crippen molar-refractivity contribution in [3.05, 3.63) is 34.5 Å². The van der Waals surface area contributed by atoms with Crippen LogP contribution in [-0.2, 0) is 12.8 Å². The molecule has 0 bridgehead atoms. The van der Waals surface area contributed by atoms with Gasteiger partial charge in [-0.15, -0.1) is 0 Å². The van der Waals surface area contributed by atoms with Gasteiger partial charge in [-0.05, 0) is 89.5 Å². The van der Waals surface area contributed by atoms with Crippen LogP contribution in [0.4, 0.5) is 5.69 Å². The van der Waals surface area contributed by atoms with Gasteiger partial charge >= 0.3 is 0 Å². The van der Waals surface area contributed by atoms with Gasteiger partial charge in [0, 0.05) is 27.8 Å². The summed E-state index contributed by atoms with van der Waals surface area (Å²) in [6.45, 7) is 5.98. The molecule has 0 spiro atoms. The van der Waals surface area contributed by atoms with Crippen molar-refractivity contribution in [3.8, 4) is 0 Å². The molecular formula is C21H29ClN2O. The van der Waals surface area contributed by atoms with Crippen LogP contribution in [0.5, 0.6) is 0 Å². The standard InChI is InChI=1S/C21H29ClN2O/c1-14(7-6-12-21(2,3)25)23-20-16-8-4-5-9-18(16)24-19-13-15(22)10-11-17(19)20/h10-11,13-14,25H,4-9,12H2,1-3H3,(H,23,24). The van der Waals surface area contributed by atoms with Crippen molar-refractivity contribution in [2.24, 2.45) is 0 Å². The Bertz CT molecular complexity index is 752. The minimum atomic E-state index is -0.584. The van der Waals surface area contributed by atoms with E-state index in [0.717, 1.165) is 42.6 Å². The van der Waals surface area contributed by atoms with E-state index in [9.17, 15) is 5.11 Å². The molecule has 1 aliphatic rings. The summed E-state index contributed by atoms with van der Waals surface area (Å²) < 4.78 is 0. The van der Waals surface area contributed by atoms with Crippen LogP contribution in [0.15, 0.2) is 18.2 Å². The van der Waals surface area contributed by atoms with E-state index in [0.29, 0.717) is 6.04 Å². The Kier molecular flexibility index (Phi) is 5.55. The Labute approximate surface area is 155 Å². The Hall–Kier alpha value is -1.32. The van der Waals surface area contributed by atoms with Gasteiger partial charge in [0.15, 0.2) is 0 Å². The van der Waals surface area contributed by atoms with Crippen LogP contribution in [0.2, 0.25) is 5.02 Å². The molecule has 25 heavy (non-hydrogen) atoms. The predicted molar refractivity (Wildman–Crippen MR) is 107 cm³/mol. The Morgan fingerprint density at radius 2 is 2.04 bits per heavy atom. The molecular weight excluding hydrogens is 332 g/mol. The van der Waals surface area contributed by atoms with Crippen LogP contribution in [0.25, 0.3) is 10.9 Å². The van der Waals surface area contributed by atoms with Crippen molar-refractivity contribution in [2.75, 3.05) is 5.32 Å². The molecule has 4 heteroatoms. The van der Waals surface area contributed by atoms with Crippen molar-refractivity contribution in [1.82, 2.24) is 4.98 Å². The van der Waals surface area contributed by atoms with Crippen molar-refractivity contribution >= 4 is 28.2 Å². The van der Waals surface area contributed by atoms with Crippen LogP contribution in [0.1, 0.15) is 64.1 Å². The third-order valence-corrected chi connectivity index (χ3v) is 5.28. The number of aromatic nitrogens is 1. The molecule has 0 saturated heterocycles. The molecule has 3 nitrogen and oxygen atoms in total. The smallest absolute Gasteiger partial charge is 0.0741 e. The van der Waals surface area contributed by atoms with E-state index in [1.54, 1.807) is 0 Å². The number of nitrogens with zero attached hydrogens (tertiary/aromatic N) is 1. The second kappa shape index (κ2) is 7.51. The zero-order chi connectivity index (χ0) is 18.0. The number of nitrogens with one attached hydrogen (secondary N) is 1. The number of aliphatic hydroxyl groups is 1. The van der Waals surface area contributed by atoms with E-state index in [4.69, 9.17) is 16.6 Å². The molecule has 0 saturated carbocycles. The number of hydrogen-bond acceptors (Lipinski definition) is 3. The highest BCUT2D eigenvalue weighted by atomic mass is 35.5. The number of pyridine rings is 1. The minimum absolute atomic E-state index is 0.356. The first-order valence-electron chi connectivity index (χ1n) is 9.43. The largest absolute Gasteiger partial charge is 0.390 e. The fourth-order valence-electron chi connectivity index (χ4n) is 3.72. The van der Waals surface area contributed by atoms with Crippen molar-refractivity contribution in [1.29, 1.82) is 0 Å². The summed E-state index contributed by atoms with van der Waals surface area (Å²) in [6.07, 6.45) is 7.47. The first-order chi connectivity index (χ1) is 11.8. The number of fused-ring (bicyclic) bond motifs is 2. The highest BCUT2D eigenvalue weighted by Crippen LogP contribution is 2.35. The lowest BCUT2D eigenvalue weighted by atomic mass is 9.92. The second-order valence-electron chi connectivity index (χ2n) is 8.03. The van der Waals surface area contributed by atoms with Crippen LogP contribution in [-0.4, -0.2) is 21.7 Å². The van der Waals surface area contributed by atoms with Gasteiger partial charge in [-0.25, -0.2) is 0 Å². The quantitative estimate of drug-likeness (QED) is 0.714. The van der Waals surface area contributed by atoms with E-state index in [-0.39, 0.29) is 0 Å². The van der Waals surface area contributed by atoms with Crippen molar-refractivity contribution in [2.45, 2.75) is 77.4 Å². The van der Waals surface area contributed by atoms with Gasteiger partial charge in [0.1, 0.15) is 0 Å². The van der Waals surface area contributed by atoms with Gasteiger partial charge in [0.25, 0.3) is 0 Å². The summed E-state index contributed by atoms with van der Waals surface area (Å²) in [4.78, 5) is 4.88. The molecule has 0 radical (unpaired) electrons. The number of rotatable bonds is 6. The lowest BCUT2D eigenvalue weighted by molar-refractivity contribution is 0.0680. The number of benzene rings is 1. The topological polar surface area (TPSA) is 45.1 Å². The van der Waals surface area contributed by atoms with Crippen LogP contribution >= 0.6 is 11.6 Å². The fourth-order valence-corrected chi connectivity index (χ4v) is 3.89. The molecule has 1 aromatic heterocycles. The normalized spacial score (nSPS) is 15.9. The van der Waals surface area contributed by atoms with Crippen LogP contribution in [0, 0.1) is 0 Å². The second-order valence-corrected chi connectivity index (χ2v) is 8.47. The number of hydrogen-bond donors (Lipinski definition) is 2. The molecule has 0 amide bonds. The Morgan fingerprint density at radius 1 is 1.28 bits per heavy atom. The summed E-state index contributed by atoms with van der Waals surface area (Å²) in [5.74, 6) is 0. The highest BCUT2D eigenvalue weighted by Gasteiger charge is 2.20. The average molecular weight is 361 g/mol. The third kappa shape index (κ3) is 4.65. The fraction of sp³-hybridized carbons (Fsp3) is 0.571. The number of aryl methyl sites for hydroxylation is 1. The SMILES string of the molecule is CC(CCCC(C)(C)O)Nc1c2c(nc3cc(Cl)ccc13)CCCC2. The summed E-state index contributed by atoms with van der Waals surface area (Å²) in [5.41, 5.74) is 4.26. The molecule has 0 fully saturated rings. The van der Waals surface area contributed by atoms with Gasteiger partial charge < -0.3 is 10.4 Å². The molecule has 1 aromatic carbocycles. The predicted octanol–water partition coefficient (Wildman–Crippen LogP) is 5.51. The lowest BCUT2D eigenvalue weighted by Gasteiger charge is -2.25. The van der Waals surface area contributed by atoms with E-state index in [2.05, 4.69) is 18.3 Å².